The van der Waals surface area contributed by atoms with Gasteiger partial charge < -0.3 is 10.7 Å². The molecule has 3 nitrogen and oxygen atoms in total. The number of thioether (sulfide) groups is 1. The van der Waals surface area contributed by atoms with Crippen molar-refractivity contribution in [1.82, 2.24) is 4.98 Å². The normalized spacial score (nSPS) is 9.91. The Hall–Kier alpha value is -0.900. The van der Waals surface area contributed by atoms with Gasteiger partial charge in [-0.25, -0.2) is 0 Å². The molecular formula is C7H10N2OS. The maximum atomic E-state index is 10.4. The molecule has 0 fully saturated rings. The van der Waals surface area contributed by atoms with E-state index >= 15 is 0 Å². The number of aromatic nitrogens is 1. The Labute approximate surface area is 69.4 Å². The molecule has 0 aliphatic carbocycles. The number of aryl methyl sites for hydroxylation is 1. The number of rotatable bonds is 3. The second-order valence-corrected chi connectivity index (χ2v) is 3.32. The average Bonchev–Trinajstić information content (AvgIpc) is 2.31. The van der Waals surface area contributed by atoms with Crippen LogP contribution >= 0.6 is 11.8 Å². The smallest absolute Gasteiger partial charge is 0.227 e. The molecule has 0 bridgehead atoms. The first kappa shape index (κ1) is 8.20. The van der Waals surface area contributed by atoms with Crippen molar-refractivity contribution in [3.8, 4) is 0 Å². The van der Waals surface area contributed by atoms with E-state index in [0.29, 0.717) is 5.75 Å². The fourth-order valence-corrected chi connectivity index (χ4v) is 1.43. The zero-order valence-electron chi connectivity index (χ0n) is 6.26. The van der Waals surface area contributed by atoms with E-state index < -0.39 is 0 Å². The van der Waals surface area contributed by atoms with Crippen molar-refractivity contribution in [1.29, 1.82) is 0 Å². The van der Waals surface area contributed by atoms with Gasteiger partial charge in [-0.05, 0) is 13.0 Å². The third-order valence-electron chi connectivity index (χ3n) is 1.18. The summed E-state index contributed by atoms with van der Waals surface area (Å²) in [5.41, 5.74) is 6.07. The highest BCUT2D eigenvalue weighted by atomic mass is 32.2. The highest BCUT2D eigenvalue weighted by Crippen LogP contribution is 2.17. The maximum Gasteiger partial charge on any atom is 0.227 e. The molecule has 4 heteroatoms. The van der Waals surface area contributed by atoms with Crippen LogP contribution in [-0.4, -0.2) is 16.6 Å². The van der Waals surface area contributed by atoms with Crippen LogP contribution in [0.15, 0.2) is 17.2 Å². The van der Waals surface area contributed by atoms with Gasteiger partial charge in [-0.2, -0.15) is 0 Å². The summed E-state index contributed by atoms with van der Waals surface area (Å²) in [6, 6.07) is 1.98. The van der Waals surface area contributed by atoms with Gasteiger partial charge in [-0.1, -0.05) is 0 Å². The number of amides is 1. The highest BCUT2D eigenvalue weighted by Gasteiger charge is 1.98. The summed E-state index contributed by atoms with van der Waals surface area (Å²) in [5, 5.41) is 0. The predicted molar refractivity (Wildman–Crippen MR) is 45.4 cm³/mol. The van der Waals surface area contributed by atoms with Crippen molar-refractivity contribution in [2.24, 2.45) is 5.73 Å². The van der Waals surface area contributed by atoms with Gasteiger partial charge in [0.25, 0.3) is 0 Å². The molecule has 1 aromatic rings. The van der Waals surface area contributed by atoms with E-state index in [1.165, 1.54) is 11.8 Å². The monoisotopic (exact) mass is 170 g/mol. The molecule has 0 saturated carbocycles. The molecule has 1 aromatic heterocycles. The van der Waals surface area contributed by atoms with E-state index in [0.717, 1.165) is 10.6 Å². The minimum atomic E-state index is -0.283. The van der Waals surface area contributed by atoms with Gasteiger partial charge in [-0.15, -0.1) is 11.8 Å². The van der Waals surface area contributed by atoms with Crippen LogP contribution in [0.4, 0.5) is 0 Å². The van der Waals surface area contributed by atoms with Crippen molar-refractivity contribution in [3.63, 3.8) is 0 Å². The molecule has 0 aromatic carbocycles. The fourth-order valence-electron chi connectivity index (χ4n) is 0.719. The number of hydrogen-bond donors (Lipinski definition) is 2. The number of aromatic amines is 1. The predicted octanol–water partition coefficient (Wildman–Crippen LogP) is 0.901. The molecule has 0 unspecified atom stereocenters. The molecule has 11 heavy (non-hydrogen) atoms. The van der Waals surface area contributed by atoms with Crippen LogP contribution in [0.5, 0.6) is 0 Å². The molecule has 60 valence electrons. The van der Waals surface area contributed by atoms with Gasteiger partial charge in [-0.3, -0.25) is 4.79 Å². The standard InChI is InChI=1S/C7H10N2OS/c1-5-2-6(3-9-5)11-4-7(8)10/h2-3,9H,4H2,1H3,(H2,8,10). The average molecular weight is 170 g/mol. The van der Waals surface area contributed by atoms with E-state index in [4.69, 9.17) is 5.73 Å². The SMILES string of the molecule is Cc1cc(SCC(N)=O)c[nH]1. The summed E-state index contributed by atoms with van der Waals surface area (Å²) in [6.07, 6.45) is 1.86. The number of primary amides is 1. The molecule has 1 amide bonds. The van der Waals surface area contributed by atoms with Crippen LogP contribution in [0.2, 0.25) is 0 Å². The Morgan fingerprint density at radius 2 is 2.55 bits per heavy atom. The minimum Gasteiger partial charge on any atom is -0.369 e. The molecular weight excluding hydrogens is 160 g/mol. The third kappa shape index (κ3) is 2.67. The van der Waals surface area contributed by atoms with Crippen LogP contribution in [0.3, 0.4) is 0 Å². The lowest BCUT2D eigenvalue weighted by molar-refractivity contribution is -0.115. The number of nitrogens with two attached hydrogens (primary N) is 1. The molecule has 0 atom stereocenters. The lowest BCUT2D eigenvalue weighted by atomic mass is 10.5. The van der Waals surface area contributed by atoms with Crippen LogP contribution in [0.25, 0.3) is 0 Å². The number of hydrogen-bond acceptors (Lipinski definition) is 2. The first-order chi connectivity index (χ1) is 5.18. The first-order valence-electron chi connectivity index (χ1n) is 3.24. The summed E-state index contributed by atoms with van der Waals surface area (Å²) < 4.78 is 0. The minimum absolute atomic E-state index is 0.283. The highest BCUT2D eigenvalue weighted by molar-refractivity contribution is 8.00. The van der Waals surface area contributed by atoms with Crippen molar-refractivity contribution < 1.29 is 4.79 Å². The van der Waals surface area contributed by atoms with Crippen molar-refractivity contribution in [3.05, 3.63) is 18.0 Å². The topological polar surface area (TPSA) is 58.9 Å². The molecule has 0 aliphatic rings. The van der Waals surface area contributed by atoms with E-state index in [1.54, 1.807) is 0 Å². The van der Waals surface area contributed by atoms with Crippen LogP contribution in [0.1, 0.15) is 5.69 Å². The number of carbonyl (C=O) groups excluding carboxylic acids is 1. The Morgan fingerprint density at radius 3 is 3.00 bits per heavy atom. The van der Waals surface area contributed by atoms with E-state index in [1.807, 2.05) is 19.2 Å². The maximum absolute atomic E-state index is 10.4. The quantitative estimate of drug-likeness (QED) is 0.662. The number of H-pyrrole nitrogens is 1. The summed E-state index contributed by atoms with van der Waals surface area (Å²) in [7, 11) is 0. The molecule has 0 saturated heterocycles. The second-order valence-electron chi connectivity index (χ2n) is 2.27. The zero-order valence-corrected chi connectivity index (χ0v) is 7.07. The number of nitrogens with one attached hydrogen (secondary N) is 1. The van der Waals surface area contributed by atoms with Gasteiger partial charge in [0, 0.05) is 16.8 Å². The van der Waals surface area contributed by atoms with Gasteiger partial charge in [0.15, 0.2) is 0 Å². The first-order valence-corrected chi connectivity index (χ1v) is 4.23. The molecule has 0 radical (unpaired) electrons. The molecule has 0 aliphatic heterocycles. The summed E-state index contributed by atoms with van der Waals surface area (Å²) in [5.74, 6) is 0.0611. The van der Waals surface area contributed by atoms with Crippen molar-refractivity contribution in [2.45, 2.75) is 11.8 Å². The van der Waals surface area contributed by atoms with E-state index in [9.17, 15) is 4.79 Å². The Kier molecular flexibility index (Phi) is 2.59. The Morgan fingerprint density at radius 1 is 1.82 bits per heavy atom. The molecule has 3 N–H and O–H groups in total. The fraction of sp³-hybridized carbons (Fsp3) is 0.286. The van der Waals surface area contributed by atoms with E-state index in [-0.39, 0.29) is 5.91 Å². The van der Waals surface area contributed by atoms with Crippen molar-refractivity contribution >= 4 is 17.7 Å². The number of carbonyl (C=O) groups is 1. The molecule has 1 heterocycles. The van der Waals surface area contributed by atoms with Gasteiger partial charge in [0.1, 0.15) is 0 Å². The largest absolute Gasteiger partial charge is 0.369 e. The summed E-state index contributed by atoms with van der Waals surface area (Å²) in [4.78, 5) is 14.4. The zero-order chi connectivity index (χ0) is 8.27. The third-order valence-corrected chi connectivity index (χ3v) is 2.18. The molecule has 1 rings (SSSR count). The summed E-state index contributed by atoms with van der Waals surface area (Å²) >= 11 is 1.44. The second kappa shape index (κ2) is 3.48. The Balaban J connectivity index is 2.45. The van der Waals surface area contributed by atoms with Gasteiger partial charge >= 0.3 is 0 Å². The Bertz CT molecular complexity index is 257. The molecule has 0 spiro atoms. The van der Waals surface area contributed by atoms with Crippen molar-refractivity contribution in [2.75, 3.05) is 5.75 Å². The van der Waals surface area contributed by atoms with Crippen LogP contribution < -0.4 is 5.73 Å². The van der Waals surface area contributed by atoms with Gasteiger partial charge in [0.05, 0.1) is 5.75 Å². The summed E-state index contributed by atoms with van der Waals surface area (Å²) in [6.45, 7) is 1.97. The van der Waals surface area contributed by atoms with Gasteiger partial charge in [0.2, 0.25) is 5.91 Å². The lowest BCUT2D eigenvalue weighted by Gasteiger charge is -1.91. The lowest BCUT2D eigenvalue weighted by Crippen LogP contribution is -2.12. The van der Waals surface area contributed by atoms with Crippen LogP contribution in [-0.2, 0) is 4.79 Å². The van der Waals surface area contributed by atoms with Crippen LogP contribution in [0, 0.1) is 6.92 Å². The van der Waals surface area contributed by atoms with E-state index in [2.05, 4.69) is 4.98 Å².